The van der Waals surface area contributed by atoms with Gasteiger partial charge in [-0.1, -0.05) is 30.3 Å². The van der Waals surface area contributed by atoms with E-state index in [9.17, 15) is 9.59 Å². The van der Waals surface area contributed by atoms with Gasteiger partial charge in [0.05, 0.1) is 36.1 Å². The quantitative estimate of drug-likeness (QED) is 0.655. The van der Waals surface area contributed by atoms with Crippen molar-refractivity contribution in [3.63, 3.8) is 0 Å². The molecule has 2 amide bonds. The molecule has 0 N–H and O–H groups in total. The Morgan fingerprint density at radius 3 is 2.45 bits per heavy atom. The summed E-state index contributed by atoms with van der Waals surface area (Å²) in [4.78, 5) is 30.0. The zero-order chi connectivity index (χ0) is 21.7. The van der Waals surface area contributed by atoms with Gasteiger partial charge in [0.1, 0.15) is 11.4 Å². The maximum Gasteiger partial charge on any atom is 0.273 e. The van der Waals surface area contributed by atoms with E-state index in [4.69, 9.17) is 4.74 Å². The van der Waals surface area contributed by atoms with Crippen LogP contribution in [-0.2, 0) is 0 Å². The Morgan fingerprint density at radius 2 is 1.74 bits per heavy atom. The fraction of sp³-hybridized carbons (Fsp3) is 0.292. The van der Waals surface area contributed by atoms with Crippen LogP contribution in [0.1, 0.15) is 45.1 Å². The fourth-order valence-electron chi connectivity index (χ4n) is 4.71. The van der Waals surface area contributed by atoms with Crippen molar-refractivity contribution in [2.45, 2.75) is 25.9 Å². The van der Waals surface area contributed by atoms with Gasteiger partial charge < -0.3 is 14.5 Å². The molecular weight excluding hydrogens is 392 g/mol. The highest BCUT2D eigenvalue weighted by Gasteiger charge is 2.47. The molecule has 0 spiro atoms. The van der Waals surface area contributed by atoms with Gasteiger partial charge in [-0.25, -0.2) is 4.68 Å². The van der Waals surface area contributed by atoms with E-state index in [1.54, 1.807) is 28.8 Å². The molecule has 0 radical (unpaired) electrons. The number of aromatic nitrogens is 2. The van der Waals surface area contributed by atoms with Gasteiger partial charge in [-0.3, -0.25) is 9.59 Å². The lowest BCUT2D eigenvalue weighted by molar-refractivity contribution is 0.0162. The molecule has 7 nitrogen and oxygen atoms in total. The van der Waals surface area contributed by atoms with Crippen LogP contribution in [0.2, 0.25) is 0 Å². The van der Waals surface area contributed by atoms with Crippen LogP contribution in [-0.4, -0.2) is 57.6 Å². The third-order valence-electron chi connectivity index (χ3n) is 6.26. The summed E-state index contributed by atoms with van der Waals surface area (Å²) in [5.74, 6) is 0.464. The summed E-state index contributed by atoms with van der Waals surface area (Å²) >= 11 is 0. The van der Waals surface area contributed by atoms with Crippen molar-refractivity contribution < 1.29 is 14.3 Å². The topological polar surface area (TPSA) is 67.7 Å². The Morgan fingerprint density at radius 1 is 1.06 bits per heavy atom. The number of rotatable bonds is 4. The second-order valence-corrected chi connectivity index (χ2v) is 8.05. The molecule has 1 saturated heterocycles. The Kier molecular flexibility index (Phi) is 4.54. The monoisotopic (exact) mass is 416 g/mol. The van der Waals surface area contributed by atoms with Crippen molar-refractivity contribution >= 4 is 11.8 Å². The maximum atomic E-state index is 13.4. The number of aryl methyl sites for hydroxylation is 1. The summed E-state index contributed by atoms with van der Waals surface area (Å²) in [7, 11) is 1.56. The first-order valence-corrected chi connectivity index (χ1v) is 10.4. The molecule has 0 aliphatic carbocycles. The number of likely N-dealkylation sites (tertiary alicyclic amines) is 1. The minimum absolute atomic E-state index is 0.0165. The summed E-state index contributed by atoms with van der Waals surface area (Å²) in [6, 6.07) is 16.8. The van der Waals surface area contributed by atoms with E-state index in [-0.39, 0.29) is 23.9 Å². The van der Waals surface area contributed by atoms with Crippen molar-refractivity contribution in [1.82, 2.24) is 19.6 Å². The summed E-state index contributed by atoms with van der Waals surface area (Å²) in [6.45, 7) is 5.01. The van der Waals surface area contributed by atoms with E-state index >= 15 is 0 Å². The molecule has 3 heterocycles. The zero-order valence-electron chi connectivity index (χ0n) is 17.8. The SMILES string of the molecule is COc1ccccc1C(=O)N1CC(N2C(=O)c3c(c(C)nn3-c3ccccc3)C2C)C1. The van der Waals surface area contributed by atoms with E-state index in [0.717, 1.165) is 16.9 Å². The van der Waals surface area contributed by atoms with Gasteiger partial charge in [0.25, 0.3) is 11.8 Å². The zero-order valence-corrected chi connectivity index (χ0v) is 17.8. The largest absolute Gasteiger partial charge is 0.496 e. The molecule has 3 aromatic rings. The predicted octanol–water partition coefficient (Wildman–Crippen LogP) is 3.23. The average molecular weight is 416 g/mol. The molecule has 2 aliphatic heterocycles. The smallest absolute Gasteiger partial charge is 0.273 e. The number of nitrogens with zero attached hydrogens (tertiary/aromatic N) is 4. The van der Waals surface area contributed by atoms with E-state index in [1.807, 2.05) is 61.2 Å². The van der Waals surface area contributed by atoms with Gasteiger partial charge in [-0.05, 0) is 38.1 Å². The number of ether oxygens (including phenoxy) is 1. The number of carbonyl (C=O) groups excluding carboxylic acids is 2. The van der Waals surface area contributed by atoms with Crippen molar-refractivity contribution in [3.8, 4) is 11.4 Å². The Labute approximate surface area is 180 Å². The molecule has 2 aromatic carbocycles. The number of carbonyl (C=O) groups is 2. The van der Waals surface area contributed by atoms with Gasteiger partial charge >= 0.3 is 0 Å². The number of benzene rings is 2. The number of methoxy groups -OCH3 is 1. The summed E-state index contributed by atoms with van der Waals surface area (Å²) in [5.41, 5.74) is 3.89. The van der Waals surface area contributed by atoms with Crippen LogP contribution in [0.15, 0.2) is 54.6 Å². The van der Waals surface area contributed by atoms with Crippen LogP contribution in [0.4, 0.5) is 0 Å². The van der Waals surface area contributed by atoms with Crippen molar-refractivity contribution in [1.29, 1.82) is 0 Å². The number of fused-ring (bicyclic) bond motifs is 1. The first-order valence-electron chi connectivity index (χ1n) is 10.4. The second kappa shape index (κ2) is 7.27. The lowest BCUT2D eigenvalue weighted by atomic mass is 10.0. The Bertz CT molecular complexity index is 1160. The van der Waals surface area contributed by atoms with Gasteiger partial charge in [0, 0.05) is 18.7 Å². The van der Waals surface area contributed by atoms with Crippen molar-refractivity contribution in [2.24, 2.45) is 0 Å². The normalized spacial score (nSPS) is 18.2. The Hall–Kier alpha value is -3.61. The molecule has 1 aromatic heterocycles. The van der Waals surface area contributed by atoms with Crippen LogP contribution < -0.4 is 4.74 Å². The predicted molar refractivity (Wildman–Crippen MR) is 116 cm³/mol. The maximum absolute atomic E-state index is 13.4. The third kappa shape index (κ3) is 2.91. The minimum Gasteiger partial charge on any atom is -0.496 e. The van der Waals surface area contributed by atoms with Gasteiger partial charge in [-0.15, -0.1) is 0 Å². The highest BCUT2D eigenvalue weighted by Crippen LogP contribution is 2.40. The van der Waals surface area contributed by atoms with Gasteiger partial charge in [-0.2, -0.15) is 5.10 Å². The molecule has 2 aliphatic rings. The van der Waals surface area contributed by atoms with Crippen LogP contribution in [0, 0.1) is 6.92 Å². The molecule has 1 unspecified atom stereocenters. The van der Waals surface area contributed by atoms with Gasteiger partial charge in [0.2, 0.25) is 0 Å². The van der Waals surface area contributed by atoms with E-state index in [2.05, 4.69) is 5.10 Å². The number of para-hydroxylation sites is 2. The number of amides is 2. The molecule has 1 fully saturated rings. The van der Waals surface area contributed by atoms with Crippen LogP contribution >= 0.6 is 0 Å². The van der Waals surface area contributed by atoms with Crippen molar-refractivity contribution in [2.75, 3.05) is 20.2 Å². The molecule has 0 saturated carbocycles. The third-order valence-corrected chi connectivity index (χ3v) is 6.26. The molecule has 158 valence electrons. The average Bonchev–Trinajstić information content (AvgIpc) is 3.24. The number of hydrogen-bond acceptors (Lipinski definition) is 4. The molecule has 31 heavy (non-hydrogen) atoms. The lowest BCUT2D eigenvalue weighted by Crippen LogP contribution is -2.61. The summed E-state index contributed by atoms with van der Waals surface area (Å²) in [6.07, 6.45) is 0. The standard InChI is InChI=1S/C24H24N4O3/c1-15-21-16(2)27(24(30)22(21)28(25-15)17-9-5-4-6-10-17)18-13-26(14-18)23(29)19-11-7-8-12-20(19)31-3/h4-12,16,18H,13-14H2,1-3H3. The number of hydrogen-bond donors (Lipinski definition) is 0. The fourth-order valence-corrected chi connectivity index (χ4v) is 4.71. The second-order valence-electron chi connectivity index (χ2n) is 8.05. The van der Waals surface area contributed by atoms with Crippen LogP contribution in [0.5, 0.6) is 5.75 Å². The first-order chi connectivity index (χ1) is 15.0. The molecule has 1 atom stereocenters. The summed E-state index contributed by atoms with van der Waals surface area (Å²) < 4.78 is 7.07. The highest BCUT2D eigenvalue weighted by molar-refractivity contribution is 6.00. The molecule has 7 heteroatoms. The van der Waals surface area contributed by atoms with Gasteiger partial charge in [0.15, 0.2) is 0 Å². The first kappa shape index (κ1) is 19.4. The molecule has 0 bridgehead atoms. The summed E-state index contributed by atoms with van der Waals surface area (Å²) in [5, 5.41) is 4.63. The van der Waals surface area contributed by atoms with E-state index < -0.39 is 0 Å². The minimum atomic E-state index is -0.0755. The lowest BCUT2D eigenvalue weighted by Gasteiger charge is -2.45. The van der Waals surface area contributed by atoms with E-state index in [0.29, 0.717) is 30.1 Å². The van der Waals surface area contributed by atoms with Crippen LogP contribution in [0.25, 0.3) is 5.69 Å². The van der Waals surface area contributed by atoms with E-state index in [1.165, 1.54) is 0 Å². The van der Waals surface area contributed by atoms with Crippen LogP contribution in [0.3, 0.4) is 0 Å². The Balaban J connectivity index is 1.37. The highest BCUT2D eigenvalue weighted by atomic mass is 16.5. The molecular formula is C24H24N4O3. The molecule has 5 rings (SSSR count). The van der Waals surface area contributed by atoms with Crippen molar-refractivity contribution in [3.05, 3.63) is 77.1 Å².